The van der Waals surface area contributed by atoms with Crippen molar-refractivity contribution >= 4 is 12.0 Å². The van der Waals surface area contributed by atoms with Crippen LogP contribution >= 0.6 is 0 Å². The second-order valence-corrected chi connectivity index (χ2v) is 5.07. The van der Waals surface area contributed by atoms with Gasteiger partial charge in [0.1, 0.15) is 0 Å². The predicted octanol–water partition coefficient (Wildman–Crippen LogP) is 1.26. The number of aliphatic hydroxyl groups is 2. The predicted molar refractivity (Wildman–Crippen MR) is 75.5 cm³/mol. The lowest BCUT2D eigenvalue weighted by atomic mass is 10.0. The Morgan fingerprint density at radius 3 is 2.26 bits per heavy atom. The first-order valence-electron chi connectivity index (χ1n) is 6.19. The average molecular weight is 263 g/mol. The number of hydrogen-bond donors (Lipinski definition) is 3. The molecule has 1 rings (SSSR count). The maximum absolute atomic E-state index is 11.9. The van der Waals surface area contributed by atoms with E-state index in [0.29, 0.717) is 5.57 Å². The quantitative estimate of drug-likeness (QED) is 0.700. The van der Waals surface area contributed by atoms with Crippen LogP contribution in [-0.2, 0) is 4.79 Å². The molecular formula is C15H21NO3. The van der Waals surface area contributed by atoms with Crippen LogP contribution < -0.4 is 5.32 Å². The van der Waals surface area contributed by atoms with Crippen LogP contribution in [0.15, 0.2) is 29.8 Å². The Labute approximate surface area is 113 Å². The van der Waals surface area contributed by atoms with Gasteiger partial charge in [0.15, 0.2) is 0 Å². The molecule has 0 heterocycles. The van der Waals surface area contributed by atoms with Crippen LogP contribution in [-0.4, -0.2) is 34.9 Å². The fraction of sp³-hybridized carbons (Fsp3) is 0.400. The van der Waals surface area contributed by atoms with Crippen LogP contribution in [0.3, 0.4) is 0 Å². The molecule has 1 amide bonds. The van der Waals surface area contributed by atoms with Crippen LogP contribution in [0.5, 0.6) is 0 Å². The van der Waals surface area contributed by atoms with Crippen molar-refractivity contribution in [3.05, 3.63) is 41.0 Å². The molecule has 0 atom stereocenters. The van der Waals surface area contributed by atoms with Crippen molar-refractivity contribution in [2.45, 2.75) is 26.3 Å². The number of rotatable bonds is 5. The van der Waals surface area contributed by atoms with E-state index in [2.05, 4.69) is 5.32 Å². The lowest BCUT2D eigenvalue weighted by Crippen LogP contribution is -2.52. The first-order chi connectivity index (χ1) is 8.90. The summed E-state index contributed by atoms with van der Waals surface area (Å²) >= 11 is 0. The van der Waals surface area contributed by atoms with Gasteiger partial charge in [0, 0.05) is 5.57 Å². The van der Waals surface area contributed by atoms with E-state index < -0.39 is 5.54 Å². The molecule has 1 aromatic rings. The zero-order chi connectivity index (χ0) is 14.5. The molecule has 0 saturated carbocycles. The Morgan fingerprint density at radius 1 is 1.26 bits per heavy atom. The monoisotopic (exact) mass is 263 g/mol. The molecule has 0 aliphatic heterocycles. The van der Waals surface area contributed by atoms with E-state index in [-0.39, 0.29) is 19.1 Å². The van der Waals surface area contributed by atoms with Crippen LogP contribution in [0.1, 0.15) is 25.0 Å². The van der Waals surface area contributed by atoms with Crippen molar-refractivity contribution in [3.8, 4) is 0 Å². The fourth-order valence-corrected chi connectivity index (χ4v) is 1.48. The topological polar surface area (TPSA) is 69.6 Å². The third-order valence-electron chi connectivity index (χ3n) is 2.93. The van der Waals surface area contributed by atoms with Gasteiger partial charge in [-0.2, -0.15) is 0 Å². The van der Waals surface area contributed by atoms with Crippen molar-refractivity contribution in [1.82, 2.24) is 5.32 Å². The van der Waals surface area contributed by atoms with Gasteiger partial charge in [0.25, 0.3) is 0 Å². The zero-order valence-corrected chi connectivity index (χ0v) is 11.6. The number of aryl methyl sites for hydroxylation is 1. The summed E-state index contributed by atoms with van der Waals surface area (Å²) in [6, 6.07) is 7.82. The summed E-state index contributed by atoms with van der Waals surface area (Å²) in [5.41, 5.74) is 1.62. The Kier molecular flexibility index (Phi) is 5.27. The highest BCUT2D eigenvalue weighted by molar-refractivity contribution is 5.97. The zero-order valence-electron chi connectivity index (χ0n) is 11.6. The molecule has 0 aliphatic carbocycles. The van der Waals surface area contributed by atoms with Crippen molar-refractivity contribution in [1.29, 1.82) is 0 Å². The van der Waals surface area contributed by atoms with Crippen molar-refractivity contribution in [2.75, 3.05) is 13.2 Å². The summed E-state index contributed by atoms with van der Waals surface area (Å²) in [7, 11) is 0. The highest BCUT2D eigenvalue weighted by Gasteiger charge is 2.24. The van der Waals surface area contributed by atoms with Crippen molar-refractivity contribution in [3.63, 3.8) is 0 Å². The van der Waals surface area contributed by atoms with Gasteiger partial charge in [-0.05, 0) is 32.4 Å². The molecule has 104 valence electrons. The average Bonchev–Trinajstić information content (AvgIpc) is 2.41. The van der Waals surface area contributed by atoms with Crippen LogP contribution in [0.2, 0.25) is 0 Å². The number of carbonyl (C=O) groups excluding carboxylic acids is 1. The van der Waals surface area contributed by atoms with E-state index in [9.17, 15) is 4.79 Å². The third kappa shape index (κ3) is 4.50. The Bertz CT molecular complexity index is 459. The van der Waals surface area contributed by atoms with Gasteiger partial charge >= 0.3 is 0 Å². The maximum Gasteiger partial charge on any atom is 0.247 e. The molecule has 0 radical (unpaired) electrons. The Balaban J connectivity index is 2.79. The van der Waals surface area contributed by atoms with E-state index in [1.807, 2.05) is 31.2 Å². The van der Waals surface area contributed by atoms with E-state index in [1.54, 1.807) is 19.9 Å². The third-order valence-corrected chi connectivity index (χ3v) is 2.93. The number of amides is 1. The molecule has 0 unspecified atom stereocenters. The van der Waals surface area contributed by atoms with Crippen LogP contribution in [0, 0.1) is 6.92 Å². The molecule has 4 heteroatoms. The molecule has 1 aromatic carbocycles. The normalized spacial score (nSPS) is 12.4. The smallest absolute Gasteiger partial charge is 0.247 e. The molecule has 0 spiro atoms. The molecule has 19 heavy (non-hydrogen) atoms. The van der Waals surface area contributed by atoms with Gasteiger partial charge in [-0.25, -0.2) is 0 Å². The van der Waals surface area contributed by atoms with E-state index in [1.165, 1.54) is 0 Å². The minimum atomic E-state index is -1.00. The van der Waals surface area contributed by atoms with Gasteiger partial charge in [-0.15, -0.1) is 0 Å². The lowest BCUT2D eigenvalue weighted by Gasteiger charge is -2.26. The molecule has 0 aromatic heterocycles. The Hall–Kier alpha value is -1.65. The minimum absolute atomic E-state index is 0.300. The van der Waals surface area contributed by atoms with E-state index >= 15 is 0 Å². The van der Waals surface area contributed by atoms with Crippen molar-refractivity contribution in [2.24, 2.45) is 0 Å². The maximum atomic E-state index is 11.9. The highest BCUT2D eigenvalue weighted by atomic mass is 16.3. The highest BCUT2D eigenvalue weighted by Crippen LogP contribution is 2.10. The Morgan fingerprint density at radius 2 is 1.79 bits per heavy atom. The van der Waals surface area contributed by atoms with Crippen LogP contribution in [0.25, 0.3) is 6.08 Å². The SMILES string of the molecule is C/C(=C\c1ccc(C)cc1)C(=O)NC(C)(CO)CO. The molecule has 0 bridgehead atoms. The summed E-state index contributed by atoms with van der Waals surface area (Å²) in [5, 5.41) is 20.9. The van der Waals surface area contributed by atoms with Gasteiger partial charge in [-0.1, -0.05) is 29.8 Å². The second kappa shape index (κ2) is 6.50. The number of nitrogens with one attached hydrogen (secondary N) is 1. The van der Waals surface area contributed by atoms with Crippen molar-refractivity contribution < 1.29 is 15.0 Å². The molecule has 0 aliphatic rings. The van der Waals surface area contributed by atoms with E-state index in [4.69, 9.17) is 10.2 Å². The molecule has 4 nitrogen and oxygen atoms in total. The number of aliphatic hydroxyl groups excluding tert-OH is 2. The van der Waals surface area contributed by atoms with E-state index in [0.717, 1.165) is 11.1 Å². The standard InChI is InChI=1S/C15H21NO3/c1-11-4-6-13(7-5-11)8-12(2)14(19)16-15(3,9-17)10-18/h4-8,17-18H,9-10H2,1-3H3,(H,16,19)/b12-8+. The second-order valence-electron chi connectivity index (χ2n) is 5.07. The summed E-state index contributed by atoms with van der Waals surface area (Å²) in [5.74, 6) is -0.300. The van der Waals surface area contributed by atoms with Gasteiger partial charge in [-0.3, -0.25) is 4.79 Å². The first kappa shape index (κ1) is 15.4. The number of hydrogen-bond acceptors (Lipinski definition) is 3. The van der Waals surface area contributed by atoms with Gasteiger partial charge < -0.3 is 15.5 Å². The van der Waals surface area contributed by atoms with Crippen LogP contribution in [0.4, 0.5) is 0 Å². The number of carbonyl (C=O) groups is 1. The first-order valence-corrected chi connectivity index (χ1v) is 6.19. The largest absolute Gasteiger partial charge is 0.394 e. The molecule has 0 fully saturated rings. The molecule has 3 N–H and O–H groups in total. The van der Waals surface area contributed by atoms with Gasteiger partial charge in [0.05, 0.1) is 18.8 Å². The summed E-state index contributed by atoms with van der Waals surface area (Å²) in [6.45, 7) is 4.66. The molecular weight excluding hydrogens is 242 g/mol. The number of benzene rings is 1. The molecule has 0 saturated heterocycles. The lowest BCUT2D eigenvalue weighted by molar-refractivity contribution is -0.120. The fourth-order valence-electron chi connectivity index (χ4n) is 1.48. The minimum Gasteiger partial charge on any atom is -0.394 e. The summed E-state index contributed by atoms with van der Waals surface area (Å²) in [4.78, 5) is 11.9. The summed E-state index contributed by atoms with van der Waals surface area (Å²) in [6.07, 6.45) is 1.77. The summed E-state index contributed by atoms with van der Waals surface area (Å²) < 4.78 is 0. The van der Waals surface area contributed by atoms with Gasteiger partial charge in [0.2, 0.25) is 5.91 Å².